The van der Waals surface area contributed by atoms with Crippen molar-refractivity contribution in [2.75, 3.05) is 25.7 Å². The normalized spacial score (nSPS) is 21.2. The molecule has 2 rings (SSSR count). The quantitative estimate of drug-likeness (QED) is 0.523. The zero-order chi connectivity index (χ0) is 19.1. The van der Waals surface area contributed by atoms with E-state index in [0.717, 1.165) is 0 Å². The highest BCUT2D eigenvalue weighted by atomic mass is 33.1. The number of aromatic nitrogens is 1. The first-order valence-electron chi connectivity index (χ1n) is 7.45. The van der Waals surface area contributed by atoms with Gasteiger partial charge in [-0.1, -0.05) is 27.7 Å². The van der Waals surface area contributed by atoms with Crippen LogP contribution in [0.25, 0.3) is 0 Å². The van der Waals surface area contributed by atoms with Gasteiger partial charge in [0.05, 0.1) is 14.2 Å². The highest BCUT2D eigenvalue weighted by molar-refractivity contribution is 8.76. The van der Waals surface area contributed by atoms with Gasteiger partial charge in [0.15, 0.2) is 0 Å². The Bertz CT molecular complexity index is 659. The van der Waals surface area contributed by atoms with Crippen molar-refractivity contribution in [1.82, 2.24) is 15.6 Å². The highest BCUT2D eigenvalue weighted by Gasteiger charge is 2.27. The summed E-state index contributed by atoms with van der Waals surface area (Å²) in [5.41, 5.74) is -0.0591. The molecule has 1 aliphatic heterocycles. The Kier molecular flexibility index (Phi) is 7.27. The largest absolute Gasteiger partial charge is 0.467 e. The van der Waals surface area contributed by atoms with Gasteiger partial charge in [0, 0.05) is 11.5 Å². The van der Waals surface area contributed by atoms with Crippen LogP contribution in [0.3, 0.4) is 0 Å². The molecule has 11 heteroatoms. The topological polar surface area (TPSA) is 124 Å². The van der Waals surface area contributed by atoms with Crippen LogP contribution in [-0.4, -0.2) is 66.5 Å². The number of rotatable bonds is 2. The van der Waals surface area contributed by atoms with Crippen LogP contribution in [0.15, 0.2) is 18.2 Å². The monoisotopic (exact) mass is 399 g/mol. The Morgan fingerprint density at radius 2 is 1.38 bits per heavy atom. The molecule has 0 saturated heterocycles. The number of nitrogens with one attached hydrogen (secondary N) is 2. The van der Waals surface area contributed by atoms with E-state index in [-0.39, 0.29) is 22.9 Å². The molecule has 9 nitrogen and oxygen atoms in total. The van der Waals surface area contributed by atoms with E-state index < -0.39 is 35.8 Å². The standard InChI is InChI=1S/C15H17N3O6S2/c1-23-14(21)10-6-25-26-7-11(15(22)24-2)18-13(20)9-5-3-4-8(16-9)12(19)17-10/h3-5,10-11H,6-7H2,1-2H3,(H,17,19)(H,18,20)/t10-,11?/m0/s1. The number of amides is 2. The van der Waals surface area contributed by atoms with Crippen molar-refractivity contribution in [3.05, 3.63) is 29.6 Å². The van der Waals surface area contributed by atoms with Crippen molar-refractivity contribution < 1.29 is 28.7 Å². The number of hydrogen-bond acceptors (Lipinski definition) is 9. The second kappa shape index (κ2) is 9.43. The molecular formula is C15H17N3O6S2. The summed E-state index contributed by atoms with van der Waals surface area (Å²) in [5.74, 6) is -1.99. The Hall–Kier alpha value is -2.27. The second-order valence-electron chi connectivity index (χ2n) is 5.08. The summed E-state index contributed by atoms with van der Waals surface area (Å²) in [6.45, 7) is 0. The molecule has 0 aromatic carbocycles. The van der Waals surface area contributed by atoms with Crippen LogP contribution in [0, 0.1) is 0 Å². The third-order valence-corrected chi connectivity index (χ3v) is 5.77. The first-order chi connectivity index (χ1) is 12.5. The van der Waals surface area contributed by atoms with Gasteiger partial charge in [0.1, 0.15) is 23.5 Å². The lowest BCUT2D eigenvalue weighted by molar-refractivity contribution is -0.143. The Labute approximate surface area is 157 Å². The highest BCUT2D eigenvalue weighted by Crippen LogP contribution is 2.24. The van der Waals surface area contributed by atoms with Gasteiger partial charge >= 0.3 is 11.9 Å². The van der Waals surface area contributed by atoms with Gasteiger partial charge in [0.25, 0.3) is 11.8 Å². The fourth-order valence-electron chi connectivity index (χ4n) is 2.01. The SMILES string of the molecule is COC(=O)C1CSSC[C@@H](C(=O)OC)NC(=O)c2cccc(n2)C(=O)N1. The van der Waals surface area contributed by atoms with E-state index in [0.29, 0.717) is 0 Å². The van der Waals surface area contributed by atoms with Gasteiger partial charge in [-0.3, -0.25) is 9.59 Å². The molecule has 1 unspecified atom stereocenters. The average molecular weight is 399 g/mol. The summed E-state index contributed by atoms with van der Waals surface area (Å²) in [4.78, 5) is 52.4. The van der Waals surface area contributed by atoms with Crippen LogP contribution in [0.4, 0.5) is 0 Å². The molecule has 2 N–H and O–H groups in total. The molecule has 1 aromatic heterocycles. The van der Waals surface area contributed by atoms with Crippen LogP contribution < -0.4 is 10.6 Å². The van der Waals surface area contributed by atoms with Gasteiger partial charge in [-0.2, -0.15) is 0 Å². The van der Waals surface area contributed by atoms with Gasteiger partial charge in [-0.25, -0.2) is 14.6 Å². The Balaban J connectivity index is 2.32. The molecule has 2 bridgehead atoms. The molecule has 0 spiro atoms. The molecule has 0 fully saturated rings. The number of esters is 2. The Morgan fingerprint density at radius 3 is 1.77 bits per heavy atom. The summed E-state index contributed by atoms with van der Waals surface area (Å²) in [5, 5.41) is 5.08. The predicted molar refractivity (Wildman–Crippen MR) is 95.7 cm³/mol. The number of carbonyl (C=O) groups is 4. The first kappa shape index (κ1) is 20.0. The van der Waals surface area contributed by atoms with E-state index in [4.69, 9.17) is 9.47 Å². The third kappa shape index (κ3) is 5.11. The number of nitrogens with zero attached hydrogens (tertiary/aromatic N) is 1. The molecule has 1 aromatic rings. The minimum absolute atomic E-state index is 0.0296. The molecule has 2 amide bonds. The number of carbonyl (C=O) groups excluding carboxylic acids is 4. The molecule has 1 aliphatic rings. The second-order valence-corrected chi connectivity index (χ2v) is 7.63. The Morgan fingerprint density at radius 1 is 0.962 bits per heavy atom. The smallest absolute Gasteiger partial charge is 0.329 e. The van der Waals surface area contributed by atoms with Gasteiger partial charge in [0.2, 0.25) is 0 Å². The van der Waals surface area contributed by atoms with E-state index >= 15 is 0 Å². The number of methoxy groups -OCH3 is 2. The minimum Gasteiger partial charge on any atom is -0.467 e. The molecule has 140 valence electrons. The van der Waals surface area contributed by atoms with Crippen LogP contribution in [0.5, 0.6) is 0 Å². The summed E-state index contributed by atoms with van der Waals surface area (Å²) in [7, 11) is 4.96. The maximum atomic E-state index is 12.3. The molecule has 0 aliphatic carbocycles. The number of hydrogen-bond donors (Lipinski definition) is 2. The van der Waals surface area contributed by atoms with Crippen LogP contribution >= 0.6 is 21.6 Å². The molecular weight excluding hydrogens is 382 g/mol. The maximum absolute atomic E-state index is 12.3. The average Bonchev–Trinajstić information content (AvgIpc) is 2.67. The van der Waals surface area contributed by atoms with Gasteiger partial charge in [-0.15, -0.1) is 0 Å². The first-order valence-corrected chi connectivity index (χ1v) is 9.94. The fourth-order valence-corrected chi connectivity index (χ4v) is 4.30. The van der Waals surface area contributed by atoms with E-state index in [9.17, 15) is 19.2 Å². The van der Waals surface area contributed by atoms with Crippen molar-refractivity contribution in [1.29, 1.82) is 0 Å². The maximum Gasteiger partial charge on any atom is 0.329 e. The van der Waals surface area contributed by atoms with Crippen molar-refractivity contribution in [3.63, 3.8) is 0 Å². The fraction of sp³-hybridized carbons (Fsp3) is 0.400. The van der Waals surface area contributed by atoms with Crippen molar-refractivity contribution in [2.24, 2.45) is 0 Å². The van der Waals surface area contributed by atoms with E-state index in [2.05, 4.69) is 15.6 Å². The molecule has 0 radical (unpaired) electrons. The van der Waals surface area contributed by atoms with Crippen molar-refractivity contribution >= 4 is 45.3 Å². The molecule has 2 atom stereocenters. The van der Waals surface area contributed by atoms with Crippen LogP contribution in [0.2, 0.25) is 0 Å². The zero-order valence-electron chi connectivity index (χ0n) is 14.0. The third-order valence-electron chi connectivity index (χ3n) is 3.35. The van der Waals surface area contributed by atoms with Gasteiger partial charge in [-0.05, 0) is 12.1 Å². The minimum atomic E-state index is -0.892. The molecule has 0 saturated carbocycles. The summed E-state index contributed by atoms with van der Waals surface area (Å²) < 4.78 is 9.40. The number of pyridine rings is 1. The lowest BCUT2D eigenvalue weighted by Crippen LogP contribution is -2.43. The summed E-state index contributed by atoms with van der Waals surface area (Å²) in [6.07, 6.45) is 0. The lowest BCUT2D eigenvalue weighted by atomic mass is 10.2. The van der Waals surface area contributed by atoms with Crippen molar-refractivity contribution in [2.45, 2.75) is 12.1 Å². The zero-order valence-corrected chi connectivity index (χ0v) is 15.6. The van der Waals surface area contributed by atoms with Gasteiger partial charge < -0.3 is 20.1 Å². The van der Waals surface area contributed by atoms with Crippen LogP contribution in [-0.2, 0) is 19.1 Å². The van der Waals surface area contributed by atoms with E-state index in [1.807, 2.05) is 0 Å². The molecule has 2 heterocycles. The van der Waals surface area contributed by atoms with E-state index in [1.165, 1.54) is 54.0 Å². The summed E-state index contributed by atoms with van der Waals surface area (Å²) in [6, 6.07) is 2.53. The summed E-state index contributed by atoms with van der Waals surface area (Å²) >= 11 is 0. The predicted octanol–water partition coefficient (Wildman–Crippen LogP) is 0.0194. The van der Waals surface area contributed by atoms with Crippen LogP contribution in [0.1, 0.15) is 21.0 Å². The van der Waals surface area contributed by atoms with E-state index in [1.54, 1.807) is 0 Å². The molecule has 26 heavy (non-hydrogen) atoms. The van der Waals surface area contributed by atoms with Crippen molar-refractivity contribution in [3.8, 4) is 0 Å². The number of fused-ring (bicyclic) bond motifs is 2. The number of ether oxygens (including phenoxy) is 2. The lowest BCUT2D eigenvalue weighted by Gasteiger charge is -2.16.